The van der Waals surface area contributed by atoms with Crippen LogP contribution in [0.25, 0.3) is 0 Å². The quantitative estimate of drug-likeness (QED) is 0.828. The second-order valence-electron chi connectivity index (χ2n) is 5.36. The molecule has 2 rings (SSSR count). The first-order valence-corrected chi connectivity index (χ1v) is 8.61. The number of carbonyl (C=O) groups is 1. The number of nitrogens with one attached hydrogen (secondary N) is 1. The number of rotatable bonds is 5. The zero-order chi connectivity index (χ0) is 15.1. The predicted molar refractivity (Wildman–Crippen MR) is 86.4 cm³/mol. The van der Waals surface area contributed by atoms with Gasteiger partial charge in [-0.25, -0.2) is 0 Å². The average molecular weight is 323 g/mol. The Hall–Kier alpha value is -1.18. The van der Waals surface area contributed by atoms with Crippen molar-refractivity contribution in [3.8, 4) is 6.07 Å². The van der Waals surface area contributed by atoms with Crippen molar-refractivity contribution in [1.82, 2.24) is 5.32 Å². The highest BCUT2D eigenvalue weighted by atomic mass is 35.5. The van der Waals surface area contributed by atoms with Crippen LogP contribution in [0.5, 0.6) is 0 Å². The molecule has 1 aliphatic carbocycles. The molecule has 112 valence electrons. The summed E-state index contributed by atoms with van der Waals surface area (Å²) in [5.41, 5.74) is -0.625. The minimum absolute atomic E-state index is 0.0279. The van der Waals surface area contributed by atoms with E-state index >= 15 is 0 Å². The molecule has 21 heavy (non-hydrogen) atoms. The van der Waals surface area contributed by atoms with Crippen molar-refractivity contribution in [3.63, 3.8) is 0 Å². The van der Waals surface area contributed by atoms with Gasteiger partial charge in [-0.15, -0.1) is 11.8 Å². The van der Waals surface area contributed by atoms with Crippen LogP contribution in [0, 0.1) is 11.3 Å². The molecule has 1 N–H and O–H groups in total. The second kappa shape index (κ2) is 7.72. The zero-order valence-corrected chi connectivity index (χ0v) is 13.5. The average Bonchev–Trinajstić information content (AvgIpc) is 2.50. The van der Waals surface area contributed by atoms with Crippen LogP contribution in [0.4, 0.5) is 0 Å². The summed E-state index contributed by atoms with van der Waals surface area (Å²) in [5.74, 6) is 0.675. The number of carbonyl (C=O) groups excluding carboxylic acids is 1. The third-order valence-electron chi connectivity index (χ3n) is 3.71. The van der Waals surface area contributed by atoms with Gasteiger partial charge in [0.1, 0.15) is 5.54 Å². The monoisotopic (exact) mass is 322 g/mol. The largest absolute Gasteiger partial charge is 0.338 e. The SMILES string of the molecule is N#CC1(NC(=O)CCSc2ccc(Cl)cc2)CCCCC1. The molecule has 0 spiro atoms. The molecule has 1 aromatic carbocycles. The number of nitrogens with zero attached hydrogens (tertiary/aromatic N) is 1. The fourth-order valence-electron chi connectivity index (χ4n) is 2.54. The molecular weight excluding hydrogens is 304 g/mol. The third-order valence-corrected chi connectivity index (χ3v) is 4.98. The fourth-order valence-corrected chi connectivity index (χ4v) is 3.52. The van der Waals surface area contributed by atoms with Gasteiger partial charge in [-0.2, -0.15) is 5.26 Å². The van der Waals surface area contributed by atoms with Crippen LogP contribution < -0.4 is 5.32 Å². The van der Waals surface area contributed by atoms with E-state index in [0.29, 0.717) is 17.2 Å². The smallest absolute Gasteiger partial charge is 0.222 e. The van der Waals surface area contributed by atoms with Crippen LogP contribution in [-0.4, -0.2) is 17.2 Å². The van der Waals surface area contributed by atoms with E-state index in [-0.39, 0.29) is 5.91 Å². The Morgan fingerprint density at radius 3 is 2.57 bits per heavy atom. The molecule has 1 aromatic rings. The topological polar surface area (TPSA) is 52.9 Å². The standard InChI is InChI=1S/C16H19ClN2OS/c17-13-4-6-14(7-5-13)21-11-8-15(20)19-16(12-18)9-2-1-3-10-16/h4-7H,1-3,8-11H2,(H,19,20). The number of hydrogen-bond donors (Lipinski definition) is 1. The molecule has 0 bridgehead atoms. The lowest BCUT2D eigenvalue weighted by Gasteiger charge is -2.31. The predicted octanol–water partition coefficient (Wildman–Crippen LogP) is 4.16. The van der Waals surface area contributed by atoms with Crippen molar-refractivity contribution in [1.29, 1.82) is 5.26 Å². The van der Waals surface area contributed by atoms with Crippen molar-refractivity contribution in [2.75, 3.05) is 5.75 Å². The molecule has 0 aliphatic heterocycles. The molecule has 0 aromatic heterocycles. The van der Waals surface area contributed by atoms with Crippen molar-refractivity contribution in [2.45, 2.75) is 49.0 Å². The minimum atomic E-state index is -0.625. The summed E-state index contributed by atoms with van der Waals surface area (Å²) >= 11 is 7.46. The number of thioether (sulfide) groups is 1. The van der Waals surface area contributed by atoms with Crippen molar-refractivity contribution < 1.29 is 4.79 Å². The molecule has 5 heteroatoms. The van der Waals surface area contributed by atoms with Gasteiger partial charge in [-0.1, -0.05) is 30.9 Å². The van der Waals surface area contributed by atoms with Gasteiger partial charge in [-0.3, -0.25) is 4.79 Å². The lowest BCUT2D eigenvalue weighted by Crippen LogP contribution is -2.48. The van der Waals surface area contributed by atoms with Gasteiger partial charge in [-0.05, 0) is 37.1 Å². The Morgan fingerprint density at radius 1 is 1.29 bits per heavy atom. The molecule has 3 nitrogen and oxygen atoms in total. The summed E-state index contributed by atoms with van der Waals surface area (Å²) in [5, 5.41) is 13.0. The molecule has 1 saturated carbocycles. The zero-order valence-electron chi connectivity index (χ0n) is 11.9. The molecule has 0 heterocycles. The Balaban J connectivity index is 1.76. The van der Waals surface area contributed by atoms with Gasteiger partial charge in [0.15, 0.2) is 0 Å². The number of amides is 1. The van der Waals surface area contributed by atoms with Gasteiger partial charge in [0, 0.05) is 22.1 Å². The van der Waals surface area contributed by atoms with Gasteiger partial charge in [0.25, 0.3) is 0 Å². The molecule has 1 amide bonds. The van der Waals surface area contributed by atoms with Gasteiger partial charge in [0.2, 0.25) is 5.91 Å². The molecule has 0 unspecified atom stereocenters. The Morgan fingerprint density at radius 2 is 1.95 bits per heavy atom. The maximum Gasteiger partial charge on any atom is 0.222 e. The van der Waals surface area contributed by atoms with Crippen LogP contribution in [0.1, 0.15) is 38.5 Å². The Kier molecular flexibility index (Phi) is 5.96. The lowest BCUT2D eigenvalue weighted by molar-refractivity contribution is -0.122. The van der Waals surface area contributed by atoms with Crippen molar-refractivity contribution in [3.05, 3.63) is 29.3 Å². The number of hydrogen-bond acceptors (Lipinski definition) is 3. The van der Waals surface area contributed by atoms with Crippen LogP contribution in [0.2, 0.25) is 5.02 Å². The highest BCUT2D eigenvalue weighted by molar-refractivity contribution is 7.99. The Labute approximate surface area is 135 Å². The molecular formula is C16H19ClN2OS. The normalized spacial score (nSPS) is 17.0. The van der Waals surface area contributed by atoms with E-state index in [1.807, 2.05) is 24.3 Å². The van der Waals surface area contributed by atoms with E-state index in [1.165, 1.54) is 0 Å². The first-order chi connectivity index (χ1) is 10.1. The lowest BCUT2D eigenvalue weighted by atomic mass is 9.83. The van der Waals surface area contributed by atoms with E-state index in [4.69, 9.17) is 11.6 Å². The van der Waals surface area contributed by atoms with E-state index in [1.54, 1.807) is 11.8 Å². The van der Waals surface area contributed by atoms with Gasteiger partial charge >= 0.3 is 0 Å². The van der Waals surface area contributed by atoms with E-state index in [9.17, 15) is 10.1 Å². The van der Waals surface area contributed by atoms with Gasteiger partial charge < -0.3 is 5.32 Å². The third kappa shape index (κ3) is 4.94. The van der Waals surface area contributed by atoms with Gasteiger partial charge in [0.05, 0.1) is 6.07 Å². The van der Waals surface area contributed by atoms with E-state index in [0.717, 1.165) is 37.0 Å². The minimum Gasteiger partial charge on any atom is -0.338 e. The highest BCUT2D eigenvalue weighted by Crippen LogP contribution is 2.28. The first kappa shape index (κ1) is 16.2. The molecule has 1 aliphatic rings. The molecule has 0 saturated heterocycles. The summed E-state index contributed by atoms with van der Waals surface area (Å²) < 4.78 is 0. The molecule has 0 atom stereocenters. The van der Waals surface area contributed by atoms with Crippen LogP contribution in [-0.2, 0) is 4.79 Å². The van der Waals surface area contributed by atoms with Crippen LogP contribution >= 0.6 is 23.4 Å². The summed E-state index contributed by atoms with van der Waals surface area (Å²) in [6, 6.07) is 9.89. The van der Waals surface area contributed by atoms with Crippen LogP contribution in [0.15, 0.2) is 29.2 Å². The van der Waals surface area contributed by atoms with Crippen molar-refractivity contribution >= 4 is 29.3 Å². The summed E-state index contributed by atoms with van der Waals surface area (Å²) in [6.45, 7) is 0. The van der Waals surface area contributed by atoms with E-state index < -0.39 is 5.54 Å². The summed E-state index contributed by atoms with van der Waals surface area (Å²) in [6.07, 6.45) is 5.18. The van der Waals surface area contributed by atoms with Crippen molar-refractivity contribution in [2.24, 2.45) is 0 Å². The highest BCUT2D eigenvalue weighted by Gasteiger charge is 2.33. The molecule has 1 fully saturated rings. The second-order valence-corrected chi connectivity index (χ2v) is 6.96. The number of nitriles is 1. The Bertz CT molecular complexity index is 518. The van der Waals surface area contributed by atoms with Crippen LogP contribution in [0.3, 0.4) is 0 Å². The van der Waals surface area contributed by atoms with E-state index in [2.05, 4.69) is 11.4 Å². The summed E-state index contributed by atoms with van der Waals surface area (Å²) in [7, 11) is 0. The maximum atomic E-state index is 12.0. The fraction of sp³-hybridized carbons (Fsp3) is 0.500. The maximum absolute atomic E-state index is 12.0. The first-order valence-electron chi connectivity index (χ1n) is 7.24. The number of halogens is 1. The molecule has 0 radical (unpaired) electrons. The number of benzene rings is 1. The summed E-state index contributed by atoms with van der Waals surface area (Å²) in [4.78, 5) is 13.1.